The maximum absolute atomic E-state index is 14.9. The Morgan fingerprint density at radius 1 is 1.19 bits per heavy atom. The Bertz CT molecular complexity index is 1350. The maximum Gasteiger partial charge on any atom is 0.416 e. The molecule has 2 heterocycles. The molecule has 10 heteroatoms. The van der Waals surface area contributed by atoms with Crippen molar-refractivity contribution in [1.82, 2.24) is 9.88 Å². The third-order valence-electron chi connectivity index (χ3n) is 6.33. The van der Waals surface area contributed by atoms with E-state index in [0.29, 0.717) is 35.6 Å². The molecule has 6 nitrogen and oxygen atoms in total. The van der Waals surface area contributed by atoms with E-state index in [2.05, 4.69) is 10.3 Å². The van der Waals surface area contributed by atoms with Crippen molar-refractivity contribution in [3.05, 3.63) is 81.5 Å². The van der Waals surface area contributed by atoms with Gasteiger partial charge in [0.05, 0.1) is 18.6 Å². The molecule has 1 aliphatic heterocycles. The van der Waals surface area contributed by atoms with E-state index in [1.165, 1.54) is 24.4 Å². The van der Waals surface area contributed by atoms with Gasteiger partial charge in [-0.15, -0.1) is 0 Å². The van der Waals surface area contributed by atoms with Gasteiger partial charge in [0.1, 0.15) is 11.6 Å². The van der Waals surface area contributed by atoms with Crippen LogP contribution in [0, 0.1) is 5.82 Å². The Morgan fingerprint density at radius 2 is 1.97 bits per heavy atom. The van der Waals surface area contributed by atoms with E-state index in [9.17, 15) is 27.2 Å². The topological polar surface area (TPSA) is 74.4 Å². The number of anilines is 1. The highest BCUT2D eigenvalue weighted by molar-refractivity contribution is 5.92. The van der Waals surface area contributed by atoms with Crippen molar-refractivity contribution in [2.24, 2.45) is 0 Å². The molecule has 2 aromatic carbocycles. The summed E-state index contributed by atoms with van der Waals surface area (Å²) in [5.41, 5.74) is 0.325. The number of carbonyl (C=O) groups excluding carboxylic acids is 1. The number of halogens is 4. The molecule has 1 atom stereocenters. The van der Waals surface area contributed by atoms with Crippen LogP contribution in [0.1, 0.15) is 36.0 Å². The molecule has 4 rings (SSSR count). The van der Waals surface area contributed by atoms with E-state index < -0.39 is 23.5 Å². The molecule has 0 spiro atoms. The van der Waals surface area contributed by atoms with E-state index in [1.54, 1.807) is 19.1 Å². The van der Waals surface area contributed by atoms with Gasteiger partial charge < -0.3 is 19.9 Å². The van der Waals surface area contributed by atoms with Gasteiger partial charge in [0.2, 0.25) is 5.91 Å². The molecular formula is C27H27F4N3O3. The number of nitrogens with one attached hydrogen (secondary N) is 2. The van der Waals surface area contributed by atoms with Gasteiger partial charge in [-0.05, 0) is 73.8 Å². The van der Waals surface area contributed by atoms with Gasteiger partial charge in [-0.1, -0.05) is 12.1 Å². The highest BCUT2D eigenvalue weighted by Gasteiger charge is 2.33. The summed E-state index contributed by atoms with van der Waals surface area (Å²) in [4.78, 5) is 28.9. The van der Waals surface area contributed by atoms with Gasteiger partial charge in [-0.3, -0.25) is 9.59 Å². The summed E-state index contributed by atoms with van der Waals surface area (Å²) in [6, 6.07) is 9.08. The zero-order valence-electron chi connectivity index (χ0n) is 20.4. The number of alkyl halides is 3. The summed E-state index contributed by atoms with van der Waals surface area (Å²) in [6.07, 6.45) is -2.79. The molecule has 37 heavy (non-hydrogen) atoms. The fourth-order valence-electron chi connectivity index (χ4n) is 4.52. The van der Waals surface area contributed by atoms with Crippen molar-refractivity contribution in [2.45, 2.75) is 31.9 Å². The van der Waals surface area contributed by atoms with Crippen molar-refractivity contribution < 1.29 is 27.1 Å². The highest BCUT2D eigenvalue weighted by atomic mass is 19.4. The predicted octanol–water partition coefficient (Wildman–Crippen LogP) is 5.20. The summed E-state index contributed by atoms with van der Waals surface area (Å²) in [5, 5.41) is 2.50. The summed E-state index contributed by atoms with van der Waals surface area (Å²) < 4.78 is 61.0. The fourth-order valence-corrected chi connectivity index (χ4v) is 4.52. The van der Waals surface area contributed by atoms with Gasteiger partial charge in [0.25, 0.3) is 5.56 Å². The number of rotatable bonds is 7. The second-order valence-corrected chi connectivity index (χ2v) is 9.13. The summed E-state index contributed by atoms with van der Waals surface area (Å²) >= 11 is 0. The number of likely N-dealkylation sites (tertiary alicyclic amines) is 1. The van der Waals surface area contributed by atoms with Crippen LogP contribution in [0.2, 0.25) is 0 Å². The molecule has 1 saturated heterocycles. The smallest absolute Gasteiger partial charge is 0.416 e. The largest absolute Gasteiger partial charge is 0.493 e. The molecule has 1 aliphatic rings. The normalized spacial score (nSPS) is 16.1. The molecule has 2 N–H and O–H groups in total. The first-order valence-electron chi connectivity index (χ1n) is 11.9. The molecule has 0 aliphatic carbocycles. The van der Waals surface area contributed by atoms with Crippen LogP contribution in [0.25, 0.3) is 11.1 Å². The van der Waals surface area contributed by atoms with Crippen LogP contribution < -0.4 is 15.6 Å². The van der Waals surface area contributed by atoms with Crippen LogP contribution in [0.3, 0.4) is 0 Å². The first-order chi connectivity index (χ1) is 17.5. The predicted molar refractivity (Wildman–Crippen MR) is 132 cm³/mol. The molecule has 1 unspecified atom stereocenters. The lowest BCUT2D eigenvalue weighted by Crippen LogP contribution is -2.17. The quantitative estimate of drug-likeness (QED) is 0.423. The van der Waals surface area contributed by atoms with E-state index >= 15 is 0 Å². The number of ether oxygens (including phenoxy) is 1. The minimum atomic E-state index is -4.57. The fraction of sp³-hybridized carbons (Fsp3) is 0.333. The third kappa shape index (κ3) is 6.37. The lowest BCUT2D eigenvalue weighted by atomic mass is 9.95. The second-order valence-electron chi connectivity index (χ2n) is 9.13. The standard InChI is InChI=1S/C27H27F4N3O3/c1-3-37-24-13-25(35)32-14-22(24)16-4-5-17(23(28)10-16)11-26(36)33-21-9-19(18-6-7-34(2)15-18)8-20(12-21)27(29,30)31/h4-5,8-10,12-14,18H,3,6-7,11,15H2,1-2H3,(H,32,35)(H,33,36). The Hall–Kier alpha value is -3.66. The minimum Gasteiger partial charge on any atom is -0.493 e. The minimum absolute atomic E-state index is 0.0241. The Balaban J connectivity index is 1.54. The Morgan fingerprint density at radius 3 is 2.62 bits per heavy atom. The molecule has 1 amide bonds. The number of benzene rings is 2. The Kier molecular flexibility index (Phi) is 7.68. The number of hydrogen-bond donors (Lipinski definition) is 2. The van der Waals surface area contributed by atoms with Crippen molar-refractivity contribution in [3.63, 3.8) is 0 Å². The molecule has 1 aromatic heterocycles. The van der Waals surface area contributed by atoms with Gasteiger partial charge in [-0.25, -0.2) is 4.39 Å². The zero-order valence-corrected chi connectivity index (χ0v) is 20.4. The molecule has 1 fully saturated rings. The number of carbonyl (C=O) groups is 1. The number of nitrogens with zero attached hydrogens (tertiary/aromatic N) is 1. The van der Waals surface area contributed by atoms with Crippen molar-refractivity contribution in [2.75, 3.05) is 32.1 Å². The zero-order chi connectivity index (χ0) is 26.7. The molecule has 0 bridgehead atoms. The highest BCUT2D eigenvalue weighted by Crippen LogP contribution is 2.36. The van der Waals surface area contributed by atoms with Crippen molar-refractivity contribution in [3.8, 4) is 16.9 Å². The van der Waals surface area contributed by atoms with Gasteiger partial charge in [0.15, 0.2) is 0 Å². The van der Waals surface area contributed by atoms with Crippen LogP contribution in [0.4, 0.5) is 23.2 Å². The van der Waals surface area contributed by atoms with Gasteiger partial charge >= 0.3 is 6.18 Å². The van der Waals surface area contributed by atoms with Crippen molar-refractivity contribution >= 4 is 11.6 Å². The first kappa shape index (κ1) is 26.4. The SMILES string of the molecule is CCOc1cc(=O)[nH]cc1-c1ccc(CC(=O)Nc2cc(C3CCN(C)C3)cc(C(F)(F)F)c2)c(F)c1. The number of likely N-dealkylation sites (N-methyl/N-ethyl adjacent to an activating group) is 1. The monoisotopic (exact) mass is 517 g/mol. The van der Waals surface area contributed by atoms with Crippen LogP contribution in [-0.2, 0) is 17.4 Å². The van der Waals surface area contributed by atoms with Gasteiger partial charge in [-0.2, -0.15) is 13.2 Å². The Labute approximate surface area is 211 Å². The number of aromatic amines is 1. The number of H-pyrrole nitrogens is 1. The van der Waals surface area contributed by atoms with Crippen LogP contribution in [0.15, 0.2) is 53.5 Å². The average Bonchev–Trinajstić information content (AvgIpc) is 3.26. The first-order valence-corrected chi connectivity index (χ1v) is 11.9. The van der Waals surface area contributed by atoms with E-state index in [4.69, 9.17) is 4.74 Å². The molecule has 3 aromatic rings. The van der Waals surface area contributed by atoms with E-state index in [-0.39, 0.29) is 29.1 Å². The number of hydrogen-bond acceptors (Lipinski definition) is 4. The molecule has 0 saturated carbocycles. The number of aromatic nitrogens is 1. The van der Waals surface area contributed by atoms with E-state index in [1.807, 2.05) is 11.9 Å². The van der Waals surface area contributed by atoms with Crippen LogP contribution >= 0.6 is 0 Å². The van der Waals surface area contributed by atoms with Gasteiger partial charge in [0, 0.05) is 30.1 Å². The maximum atomic E-state index is 14.9. The summed E-state index contributed by atoms with van der Waals surface area (Å²) in [7, 11) is 1.91. The third-order valence-corrected chi connectivity index (χ3v) is 6.33. The van der Waals surface area contributed by atoms with Crippen molar-refractivity contribution in [1.29, 1.82) is 0 Å². The second kappa shape index (κ2) is 10.8. The summed E-state index contributed by atoms with van der Waals surface area (Å²) in [6.45, 7) is 3.48. The van der Waals surface area contributed by atoms with Crippen LogP contribution in [0.5, 0.6) is 5.75 Å². The lowest BCUT2D eigenvalue weighted by molar-refractivity contribution is -0.137. The molecule has 196 valence electrons. The summed E-state index contributed by atoms with van der Waals surface area (Å²) in [5.74, 6) is -1.08. The van der Waals surface area contributed by atoms with Crippen LogP contribution in [-0.4, -0.2) is 42.5 Å². The molecule has 0 radical (unpaired) electrons. The average molecular weight is 518 g/mol. The van der Waals surface area contributed by atoms with E-state index in [0.717, 1.165) is 25.1 Å². The molecular weight excluding hydrogens is 490 g/mol. The lowest BCUT2D eigenvalue weighted by Gasteiger charge is -2.17. The number of pyridine rings is 1. The number of amides is 1.